The quantitative estimate of drug-likeness (QED) is 0.638. The van der Waals surface area contributed by atoms with Crippen LogP contribution in [0.4, 0.5) is 5.69 Å². The average molecular weight is 233 g/mol. The van der Waals surface area contributed by atoms with E-state index >= 15 is 0 Å². The highest BCUT2D eigenvalue weighted by Crippen LogP contribution is 2.14. The molecule has 6 heteroatoms. The lowest BCUT2D eigenvalue weighted by atomic mass is 10.2. The summed E-state index contributed by atoms with van der Waals surface area (Å²) in [6.45, 7) is 0.386. The van der Waals surface area contributed by atoms with E-state index in [1.165, 1.54) is 12.1 Å². The van der Waals surface area contributed by atoms with Crippen molar-refractivity contribution in [2.75, 3.05) is 0 Å². The van der Waals surface area contributed by atoms with E-state index in [0.29, 0.717) is 12.2 Å². The minimum absolute atomic E-state index is 0.0741. The van der Waals surface area contributed by atoms with Gasteiger partial charge in [-0.05, 0) is 5.56 Å². The minimum Gasteiger partial charge on any atom is -0.390 e. The van der Waals surface area contributed by atoms with Crippen molar-refractivity contribution < 1.29 is 10.0 Å². The van der Waals surface area contributed by atoms with Gasteiger partial charge in [-0.1, -0.05) is 12.1 Å². The summed E-state index contributed by atoms with van der Waals surface area (Å²) in [5.41, 5.74) is 1.47. The zero-order valence-corrected chi connectivity index (χ0v) is 8.98. The van der Waals surface area contributed by atoms with Crippen LogP contribution >= 0.6 is 0 Å². The summed E-state index contributed by atoms with van der Waals surface area (Å²) < 4.78 is 1.77. The molecule has 2 rings (SSSR count). The third-order valence-corrected chi connectivity index (χ3v) is 2.34. The molecule has 0 radical (unpaired) electrons. The fourth-order valence-corrected chi connectivity index (χ4v) is 1.55. The maximum absolute atomic E-state index is 10.6. The second-order valence-electron chi connectivity index (χ2n) is 3.62. The first kappa shape index (κ1) is 11.3. The highest BCUT2D eigenvalue weighted by atomic mass is 16.6. The Hall–Kier alpha value is -2.21. The molecule has 1 aromatic carbocycles. The molecule has 0 amide bonds. The molecule has 0 aliphatic heterocycles. The Kier molecular flexibility index (Phi) is 3.15. The van der Waals surface area contributed by atoms with Crippen LogP contribution in [0.15, 0.2) is 36.8 Å². The van der Waals surface area contributed by atoms with Gasteiger partial charge in [0.15, 0.2) is 0 Å². The van der Waals surface area contributed by atoms with Crippen LogP contribution in [0, 0.1) is 10.1 Å². The van der Waals surface area contributed by atoms with Crippen molar-refractivity contribution in [1.82, 2.24) is 9.55 Å². The van der Waals surface area contributed by atoms with Crippen LogP contribution < -0.4 is 0 Å². The molecular formula is C11H11N3O3. The monoisotopic (exact) mass is 233 g/mol. The van der Waals surface area contributed by atoms with Crippen LogP contribution in [0.3, 0.4) is 0 Å². The Morgan fingerprint density at radius 2 is 2.29 bits per heavy atom. The number of nitrogens with zero attached hydrogens (tertiary/aromatic N) is 3. The van der Waals surface area contributed by atoms with Crippen molar-refractivity contribution in [2.24, 2.45) is 0 Å². The first-order valence-electron chi connectivity index (χ1n) is 5.04. The highest BCUT2D eigenvalue weighted by Gasteiger charge is 2.06. The van der Waals surface area contributed by atoms with Crippen LogP contribution in [-0.2, 0) is 13.2 Å². The molecule has 0 aliphatic carbocycles. The van der Waals surface area contributed by atoms with Crippen molar-refractivity contribution in [3.63, 3.8) is 0 Å². The highest BCUT2D eigenvalue weighted by molar-refractivity contribution is 5.34. The molecule has 88 valence electrons. The Labute approximate surface area is 97.3 Å². The first-order valence-corrected chi connectivity index (χ1v) is 5.04. The molecule has 0 atom stereocenters. The zero-order valence-electron chi connectivity index (χ0n) is 8.98. The van der Waals surface area contributed by atoms with Gasteiger partial charge in [-0.25, -0.2) is 4.98 Å². The van der Waals surface area contributed by atoms with Crippen molar-refractivity contribution in [3.05, 3.63) is 58.2 Å². The number of hydrogen-bond acceptors (Lipinski definition) is 4. The zero-order chi connectivity index (χ0) is 12.3. The maximum atomic E-state index is 10.6. The summed E-state index contributed by atoms with van der Waals surface area (Å²) in [4.78, 5) is 14.2. The predicted octanol–water partition coefficient (Wildman–Crippen LogP) is 1.33. The van der Waals surface area contributed by atoms with E-state index in [9.17, 15) is 10.1 Å². The molecule has 0 bridgehead atoms. The summed E-state index contributed by atoms with van der Waals surface area (Å²) in [6.07, 6.45) is 3.29. The van der Waals surface area contributed by atoms with Crippen molar-refractivity contribution in [1.29, 1.82) is 0 Å². The molecule has 0 fully saturated rings. The number of aromatic nitrogens is 2. The third-order valence-electron chi connectivity index (χ3n) is 2.34. The summed E-state index contributed by atoms with van der Waals surface area (Å²) in [7, 11) is 0. The number of non-ortho nitro benzene ring substituents is 1. The Morgan fingerprint density at radius 3 is 2.94 bits per heavy atom. The smallest absolute Gasteiger partial charge is 0.269 e. The van der Waals surface area contributed by atoms with E-state index in [0.717, 1.165) is 5.56 Å². The fourth-order valence-electron chi connectivity index (χ4n) is 1.55. The molecule has 0 spiro atoms. The largest absolute Gasteiger partial charge is 0.390 e. The van der Waals surface area contributed by atoms with Crippen LogP contribution in [0.5, 0.6) is 0 Å². The number of nitro benzene ring substituents is 1. The van der Waals surface area contributed by atoms with E-state index < -0.39 is 4.92 Å². The molecule has 0 saturated carbocycles. The first-order chi connectivity index (χ1) is 8.19. The Balaban J connectivity index is 2.18. The fraction of sp³-hybridized carbons (Fsp3) is 0.182. The molecule has 0 saturated heterocycles. The molecule has 17 heavy (non-hydrogen) atoms. The number of benzene rings is 1. The van der Waals surface area contributed by atoms with Gasteiger partial charge in [0.25, 0.3) is 5.69 Å². The standard InChI is InChI=1S/C11H11N3O3/c15-7-10-6-13(8-12-10)5-9-2-1-3-11(4-9)14(16)17/h1-4,6,8,15H,5,7H2. The number of aliphatic hydroxyl groups is 1. The van der Waals surface area contributed by atoms with Crippen molar-refractivity contribution in [2.45, 2.75) is 13.2 Å². The second-order valence-corrected chi connectivity index (χ2v) is 3.62. The van der Waals surface area contributed by atoms with Gasteiger partial charge in [0, 0.05) is 24.9 Å². The number of aliphatic hydroxyl groups excluding tert-OH is 1. The van der Waals surface area contributed by atoms with E-state index in [2.05, 4.69) is 4.98 Å². The van der Waals surface area contributed by atoms with Crippen LogP contribution in [0.2, 0.25) is 0 Å². The van der Waals surface area contributed by atoms with Gasteiger partial charge in [0.2, 0.25) is 0 Å². The molecule has 0 unspecified atom stereocenters. The maximum Gasteiger partial charge on any atom is 0.269 e. The van der Waals surface area contributed by atoms with Gasteiger partial charge in [0.05, 0.1) is 23.6 Å². The van der Waals surface area contributed by atoms with Gasteiger partial charge >= 0.3 is 0 Å². The SMILES string of the molecule is O=[N+]([O-])c1cccc(Cn2cnc(CO)c2)c1. The lowest BCUT2D eigenvalue weighted by Crippen LogP contribution is -1.97. The lowest BCUT2D eigenvalue weighted by Gasteiger charge is -2.01. The number of rotatable bonds is 4. The van der Waals surface area contributed by atoms with Crippen LogP contribution in [-0.4, -0.2) is 19.6 Å². The van der Waals surface area contributed by atoms with Crippen molar-refractivity contribution >= 4 is 5.69 Å². The van der Waals surface area contributed by atoms with E-state index in [-0.39, 0.29) is 12.3 Å². The predicted molar refractivity (Wildman–Crippen MR) is 60.3 cm³/mol. The molecule has 1 aromatic heterocycles. The molecule has 2 aromatic rings. The van der Waals surface area contributed by atoms with Crippen LogP contribution in [0.25, 0.3) is 0 Å². The number of hydrogen-bond donors (Lipinski definition) is 1. The molecule has 1 heterocycles. The molecule has 1 N–H and O–H groups in total. The second kappa shape index (κ2) is 4.75. The topological polar surface area (TPSA) is 81.2 Å². The van der Waals surface area contributed by atoms with Crippen molar-refractivity contribution in [3.8, 4) is 0 Å². The van der Waals surface area contributed by atoms with Gasteiger partial charge in [-0.3, -0.25) is 10.1 Å². The number of nitro groups is 1. The molecule has 6 nitrogen and oxygen atoms in total. The van der Waals surface area contributed by atoms with Crippen LogP contribution in [0.1, 0.15) is 11.3 Å². The summed E-state index contributed by atoms with van der Waals surface area (Å²) in [5.74, 6) is 0. The number of imidazole rings is 1. The van der Waals surface area contributed by atoms with E-state index in [1.54, 1.807) is 23.2 Å². The summed E-state index contributed by atoms with van der Waals surface area (Å²) in [5, 5.41) is 19.5. The Bertz CT molecular complexity index is 536. The molecular weight excluding hydrogens is 222 g/mol. The van der Waals surface area contributed by atoms with Gasteiger partial charge in [-0.2, -0.15) is 0 Å². The molecule has 0 aliphatic rings. The minimum atomic E-state index is -0.420. The third kappa shape index (κ3) is 2.67. The Morgan fingerprint density at radius 1 is 1.47 bits per heavy atom. The van der Waals surface area contributed by atoms with E-state index in [4.69, 9.17) is 5.11 Å². The lowest BCUT2D eigenvalue weighted by molar-refractivity contribution is -0.384. The average Bonchev–Trinajstić information content (AvgIpc) is 2.77. The van der Waals surface area contributed by atoms with E-state index in [1.807, 2.05) is 6.07 Å². The van der Waals surface area contributed by atoms with Gasteiger partial charge in [-0.15, -0.1) is 0 Å². The van der Waals surface area contributed by atoms with Gasteiger partial charge < -0.3 is 9.67 Å². The van der Waals surface area contributed by atoms with Gasteiger partial charge in [0.1, 0.15) is 0 Å². The summed E-state index contributed by atoms with van der Waals surface area (Å²) >= 11 is 0. The normalized spacial score (nSPS) is 10.4. The summed E-state index contributed by atoms with van der Waals surface area (Å²) in [6, 6.07) is 6.44.